The second kappa shape index (κ2) is 8.02. The number of carbonyl (C=O) groups excluding carboxylic acids is 1. The summed E-state index contributed by atoms with van der Waals surface area (Å²) in [5, 5.41) is 3.27. The second-order valence-electron chi connectivity index (χ2n) is 5.53. The van der Waals surface area contributed by atoms with Gasteiger partial charge in [-0.05, 0) is 37.3 Å². The lowest BCUT2D eigenvalue weighted by Crippen LogP contribution is -2.44. The molecule has 0 bridgehead atoms. The first-order valence-corrected chi connectivity index (χ1v) is 6.87. The van der Waals surface area contributed by atoms with E-state index >= 15 is 0 Å². The van der Waals surface area contributed by atoms with Crippen LogP contribution in [0.4, 0.5) is 0 Å². The lowest BCUT2D eigenvalue weighted by Gasteiger charge is -2.20. The summed E-state index contributed by atoms with van der Waals surface area (Å²) >= 11 is 0. The van der Waals surface area contributed by atoms with E-state index in [1.165, 1.54) is 0 Å². The van der Waals surface area contributed by atoms with Gasteiger partial charge in [-0.15, -0.1) is 0 Å². The predicted octanol–water partition coefficient (Wildman–Crippen LogP) is 1.54. The van der Waals surface area contributed by atoms with Crippen LogP contribution in [0.15, 0.2) is 24.5 Å². The molecule has 0 aliphatic rings. The van der Waals surface area contributed by atoms with Crippen LogP contribution in [-0.4, -0.2) is 29.4 Å². The molecule has 0 unspecified atom stereocenters. The van der Waals surface area contributed by atoms with E-state index in [2.05, 4.69) is 24.1 Å². The van der Waals surface area contributed by atoms with Crippen molar-refractivity contribution in [3.63, 3.8) is 0 Å². The maximum Gasteiger partial charge on any atom is 0.147 e. The molecule has 1 aromatic rings. The molecule has 1 heterocycles. The van der Waals surface area contributed by atoms with Gasteiger partial charge in [-0.1, -0.05) is 19.9 Å². The Labute approximate surface area is 115 Å². The summed E-state index contributed by atoms with van der Waals surface area (Å²) in [7, 11) is 0. The van der Waals surface area contributed by atoms with Crippen molar-refractivity contribution in [1.82, 2.24) is 10.3 Å². The molecule has 0 amide bonds. The highest BCUT2D eigenvalue weighted by Gasteiger charge is 2.16. The van der Waals surface area contributed by atoms with E-state index in [0.717, 1.165) is 12.0 Å². The molecule has 0 radical (unpaired) electrons. The quantitative estimate of drug-likeness (QED) is 0.746. The molecule has 0 aliphatic carbocycles. The first-order valence-electron chi connectivity index (χ1n) is 6.87. The van der Waals surface area contributed by atoms with Crippen molar-refractivity contribution in [2.45, 2.75) is 45.7 Å². The highest BCUT2D eigenvalue weighted by atomic mass is 16.1. The summed E-state index contributed by atoms with van der Waals surface area (Å²) in [6.45, 7) is 6.58. The van der Waals surface area contributed by atoms with E-state index in [4.69, 9.17) is 5.73 Å². The Hall–Kier alpha value is -1.26. The summed E-state index contributed by atoms with van der Waals surface area (Å²) in [6.07, 6.45) is 5.16. The third-order valence-corrected chi connectivity index (χ3v) is 3.05. The number of nitrogens with zero attached hydrogens (tertiary/aromatic N) is 1. The Morgan fingerprint density at radius 2 is 2.21 bits per heavy atom. The summed E-state index contributed by atoms with van der Waals surface area (Å²) in [4.78, 5) is 15.7. The molecule has 2 atom stereocenters. The second-order valence-corrected chi connectivity index (χ2v) is 5.53. The zero-order valence-corrected chi connectivity index (χ0v) is 12.1. The Morgan fingerprint density at radius 1 is 1.47 bits per heavy atom. The number of nitrogens with two attached hydrogens (primary N) is 1. The minimum absolute atomic E-state index is 0.0933. The van der Waals surface area contributed by atoms with Gasteiger partial charge in [0.05, 0.1) is 6.04 Å². The van der Waals surface area contributed by atoms with Crippen LogP contribution in [0.2, 0.25) is 0 Å². The minimum atomic E-state index is -0.178. The van der Waals surface area contributed by atoms with Gasteiger partial charge in [0.15, 0.2) is 0 Å². The van der Waals surface area contributed by atoms with E-state index in [9.17, 15) is 4.79 Å². The number of carbonyl (C=O) groups is 1. The van der Waals surface area contributed by atoms with Crippen LogP contribution in [0.5, 0.6) is 0 Å². The zero-order valence-electron chi connectivity index (χ0n) is 12.1. The number of pyridine rings is 1. The Bertz CT molecular complexity index is 378. The van der Waals surface area contributed by atoms with Crippen molar-refractivity contribution in [1.29, 1.82) is 0 Å². The lowest BCUT2D eigenvalue weighted by molar-refractivity contribution is -0.119. The van der Waals surface area contributed by atoms with Crippen molar-refractivity contribution in [2.75, 3.05) is 6.54 Å². The fraction of sp³-hybridized carbons (Fsp3) is 0.600. The van der Waals surface area contributed by atoms with E-state index < -0.39 is 0 Å². The van der Waals surface area contributed by atoms with Gasteiger partial charge in [0.2, 0.25) is 0 Å². The molecular formula is C15H25N3O. The van der Waals surface area contributed by atoms with Gasteiger partial charge < -0.3 is 11.1 Å². The minimum Gasteiger partial charge on any atom is -0.327 e. The highest BCUT2D eigenvalue weighted by Crippen LogP contribution is 2.05. The molecule has 1 aromatic heterocycles. The van der Waals surface area contributed by atoms with E-state index in [0.29, 0.717) is 18.9 Å². The number of hydrogen-bond donors (Lipinski definition) is 2. The first kappa shape index (κ1) is 15.8. The smallest absolute Gasteiger partial charge is 0.147 e. The van der Waals surface area contributed by atoms with Gasteiger partial charge in [-0.25, -0.2) is 0 Å². The van der Waals surface area contributed by atoms with Gasteiger partial charge in [-0.2, -0.15) is 0 Å². The van der Waals surface area contributed by atoms with E-state index in [-0.39, 0.29) is 17.9 Å². The zero-order chi connectivity index (χ0) is 14.3. The topological polar surface area (TPSA) is 68.0 Å². The van der Waals surface area contributed by atoms with Gasteiger partial charge in [-0.3, -0.25) is 9.78 Å². The molecule has 1 rings (SSSR count). The average molecular weight is 263 g/mol. The van der Waals surface area contributed by atoms with Crippen LogP contribution < -0.4 is 11.1 Å². The summed E-state index contributed by atoms with van der Waals surface area (Å²) < 4.78 is 0. The number of nitrogens with one attached hydrogen (secondary N) is 1. The summed E-state index contributed by atoms with van der Waals surface area (Å²) in [6, 6.07) is 3.79. The molecule has 0 fully saturated rings. The number of Topliss-reactive ketones (excluding diaryl/α,β-unsaturated/α-hetero) is 1. The van der Waals surface area contributed by atoms with Gasteiger partial charge in [0.1, 0.15) is 5.78 Å². The monoisotopic (exact) mass is 263 g/mol. The molecule has 19 heavy (non-hydrogen) atoms. The number of ketones is 1. The van der Waals surface area contributed by atoms with Crippen molar-refractivity contribution in [3.05, 3.63) is 30.1 Å². The van der Waals surface area contributed by atoms with Crippen molar-refractivity contribution in [3.8, 4) is 0 Å². The lowest BCUT2D eigenvalue weighted by atomic mass is 10.0. The number of rotatable bonds is 8. The Balaban J connectivity index is 2.48. The molecule has 3 N–H and O–H groups in total. The van der Waals surface area contributed by atoms with Crippen molar-refractivity contribution in [2.24, 2.45) is 11.7 Å². The molecule has 0 aliphatic heterocycles. The van der Waals surface area contributed by atoms with Crippen molar-refractivity contribution < 1.29 is 4.79 Å². The molecule has 0 saturated heterocycles. The fourth-order valence-corrected chi connectivity index (χ4v) is 2.10. The number of hydrogen-bond acceptors (Lipinski definition) is 4. The average Bonchev–Trinajstić information content (AvgIpc) is 2.34. The number of aromatic nitrogens is 1. The van der Waals surface area contributed by atoms with Crippen LogP contribution in [0.25, 0.3) is 0 Å². The molecular weight excluding hydrogens is 238 g/mol. The Morgan fingerprint density at radius 3 is 2.74 bits per heavy atom. The summed E-state index contributed by atoms with van der Waals surface area (Å²) in [5.74, 6) is 0.714. The Kier molecular flexibility index (Phi) is 6.67. The molecule has 0 saturated carbocycles. The molecule has 0 aromatic carbocycles. The third kappa shape index (κ3) is 6.45. The van der Waals surface area contributed by atoms with Crippen LogP contribution in [0.3, 0.4) is 0 Å². The molecule has 4 heteroatoms. The third-order valence-electron chi connectivity index (χ3n) is 3.05. The van der Waals surface area contributed by atoms with Crippen LogP contribution in [-0.2, 0) is 11.2 Å². The fourth-order valence-electron chi connectivity index (χ4n) is 2.10. The standard InChI is InChI=1S/C15H25N3O/c1-11(2)7-14(16)10-18-15(12(3)19)8-13-5-4-6-17-9-13/h4-6,9,11,14-15,18H,7-8,10,16H2,1-3H3/t14-,15+/m1/s1. The van der Waals surface area contributed by atoms with Gasteiger partial charge in [0, 0.05) is 25.0 Å². The van der Waals surface area contributed by atoms with Crippen LogP contribution in [0.1, 0.15) is 32.8 Å². The predicted molar refractivity (Wildman–Crippen MR) is 77.8 cm³/mol. The highest BCUT2D eigenvalue weighted by molar-refractivity contribution is 5.81. The maximum absolute atomic E-state index is 11.7. The van der Waals surface area contributed by atoms with Crippen LogP contribution >= 0.6 is 0 Å². The van der Waals surface area contributed by atoms with Crippen molar-refractivity contribution >= 4 is 5.78 Å². The maximum atomic E-state index is 11.7. The van der Waals surface area contributed by atoms with Crippen LogP contribution in [0, 0.1) is 5.92 Å². The normalized spacial score (nSPS) is 14.4. The largest absolute Gasteiger partial charge is 0.327 e. The summed E-state index contributed by atoms with van der Waals surface area (Å²) in [5.41, 5.74) is 7.09. The SMILES string of the molecule is CC(=O)[C@H](Cc1cccnc1)NC[C@H](N)CC(C)C. The molecule has 0 spiro atoms. The van der Waals surface area contributed by atoms with Gasteiger partial charge >= 0.3 is 0 Å². The van der Waals surface area contributed by atoms with E-state index in [1.807, 2.05) is 12.1 Å². The molecule has 106 valence electrons. The molecule has 4 nitrogen and oxygen atoms in total. The van der Waals surface area contributed by atoms with Gasteiger partial charge in [0.25, 0.3) is 0 Å². The first-order chi connectivity index (χ1) is 8.99. The van der Waals surface area contributed by atoms with E-state index in [1.54, 1.807) is 19.3 Å².